The van der Waals surface area contributed by atoms with Gasteiger partial charge in [-0.25, -0.2) is 0 Å². The molecule has 3 heterocycles. The molecule has 0 amide bonds. The van der Waals surface area contributed by atoms with E-state index in [0.29, 0.717) is 0 Å². The maximum absolute atomic E-state index is 4.60. The van der Waals surface area contributed by atoms with E-state index in [-0.39, 0.29) is 0 Å². The number of fused-ring (bicyclic) bond motifs is 3. The van der Waals surface area contributed by atoms with Gasteiger partial charge in [-0.1, -0.05) is 0 Å². The molecule has 96 valence electrons. The Kier molecular flexibility index (Phi) is 2.56. The molecule has 20 heavy (non-hydrogen) atoms. The van der Waals surface area contributed by atoms with Crippen molar-refractivity contribution in [3.8, 4) is 11.1 Å². The zero-order valence-corrected chi connectivity index (χ0v) is 11.0. The minimum absolute atomic E-state index is 0.833. The minimum Gasteiger partial charge on any atom is -0.265 e. The molecule has 3 heteroatoms. The van der Waals surface area contributed by atoms with Gasteiger partial charge in [-0.05, 0) is 47.4 Å². The highest BCUT2D eigenvalue weighted by Crippen LogP contribution is 2.37. The summed E-state index contributed by atoms with van der Waals surface area (Å²) in [7, 11) is 0. The first-order valence-corrected chi connectivity index (χ1v) is 6.71. The predicted molar refractivity (Wildman–Crippen MR) is 77.3 cm³/mol. The second kappa shape index (κ2) is 4.53. The second-order valence-corrected chi connectivity index (χ2v) is 5.03. The third-order valence-corrected chi connectivity index (χ3v) is 3.80. The van der Waals surface area contributed by atoms with E-state index in [1.54, 1.807) is 0 Å². The molecule has 0 atom stereocenters. The van der Waals surface area contributed by atoms with Crippen LogP contribution in [0.1, 0.15) is 22.4 Å². The summed E-state index contributed by atoms with van der Waals surface area (Å²) in [5.74, 6) is 0. The summed E-state index contributed by atoms with van der Waals surface area (Å²) >= 11 is 0. The summed E-state index contributed by atoms with van der Waals surface area (Å²) in [6, 6.07) is 8.30. The minimum atomic E-state index is 0.833. The predicted octanol–water partition coefficient (Wildman–Crippen LogP) is 3.03. The largest absolute Gasteiger partial charge is 0.265 e. The smallest absolute Gasteiger partial charge is 0.0529 e. The lowest BCUT2D eigenvalue weighted by atomic mass is 10.0. The molecule has 0 fully saturated rings. The van der Waals surface area contributed by atoms with Crippen LogP contribution in [0.15, 0.2) is 55.2 Å². The molecule has 0 saturated carbocycles. The highest BCUT2D eigenvalue weighted by Gasteiger charge is 2.21. The number of pyridine rings is 3. The number of rotatable bonds is 2. The molecule has 0 spiro atoms. The van der Waals surface area contributed by atoms with Crippen LogP contribution in [-0.4, -0.2) is 15.0 Å². The number of hydrogen-bond donors (Lipinski definition) is 0. The Labute approximate surface area is 117 Å². The molecular formula is C17H13N3. The molecule has 0 N–H and O–H groups in total. The van der Waals surface area contributed by atoms with Crippen molar-refractivity contribution in [3.63, 3.8) is 0 Å². The SMILES string of the molecule is c1cc(Cc2nccc3c2-c2cnccc2C3)ccn1. The third kappa shape index (κ3) is 1.79. The average molecular weight is 259 g/mol. The summed E-state index contributed by atoms with van der Waals surface area (Å²) in [6.07, 6.45) is 11.2. The van der Waals surface area contributed by atoms with Gasteiger partial charge in [0.15, 0.2) is 0 Å². The Balaban J connectivity index is 1.83. The lowest BCUT2D eigenvalue weighted by Gasteiger charge is -2.08. The van der Waals surface area contributed by atoms with Crippen LogP contribution in [0.3, 0.4) is 0 Å². The number of hydrogen-bond acceptors (Lipinski definition) is 3. The Morgan fingerprint density at radius 2 is 1.65 bits per heavy atom. The Bertz CT molecular complexity index is 766. The first kappa shape index (κ1) is 11.3. The lowest BCUT2D eigenvalue weighted by Crippen LogP contribution is -1.96. The van der Waals surface area contributed by atoms with Gasteiger partial charge in [-0.2, -0.15) is 0 Å². The quantitative estimate of drug-likeness (QED) is 0.555. The Morgan fingerprint density at radius 1 is 0.850 bits per heavy atom. The molecule has 0 unspecified atom stereocenters. The maximum Gasteiger partial charge on any atom is 0.0529 e. The van der Waals surface area contributed by atoms with Crippen molar-refractivity contribution in [2.24, 2.45) is 0 Å². The van der Waals surface area contributed by atoms with E-state index in [9.17, 15) is 0 Å². The van der Waals surface area contributed by atoms with Crippen LogP contribution in [0, 0.1) is 0 Å². The van der Waals surface area contributed by atoms with Crippen LogP contribution in [0.25, 0.3) is 11.1 Å². The van der Waals surface area contributed by atoms with Gasteiger partial charge < -0.3 is 0 Å². The van der Waals surface area contributed by atoms with Crippen LogP contribution in [-0.2, 0) is 12.8 Å². The van der Waals surface area contributed by atoms with Gasteiger partial charge in [0.1, 0.15) is 0 Å². The van der Waals surface area contributed by atoms with Gasteiger partial charge in [0.05, 0.1) is 5.69 Å². The lowest BCUT2D eigenvalue weighted by molar-refractivity contribution is 1.06. The normalized spacial score (nSPS) is 12.0. The standard InChI is InChI=1S/C17H13N3/c1-5-18-6-2-12(1)9-16-17-14(4-8-20-16)10-13-3-7-19-11-15(13)17/h1-8,11H,9-10H2. The van der Waals surface area contributed by atoms with Crippen LogP contribution >= 0.6 is 0 Å². The fourth-order valence-corrected chi connectivity index (χ4v) is 2.86. The molecular weight excluding hydrogens is 246 g/mol. The van der Waals surface area contributed by atoms with E-state index < -0.39 is 0 Å². The van der Waals surface area contributed by atoms with E-state index in [1.807, 2.05) is 43.1 Å². The number of aromatic nitrogens is 3. The molecule has 3 aromatic rings. The van der Waals surface area contributed by atoms with E-state index >= 15 is 0 Å². The molecule has 0 aromatic carbocycles. The highest BCUT2D eigenvalue weighted by atomic mass is 14.7. The molecule has 0 radical (unpaired) electrons. The second-order valence-electron chi connectivity index (χ2n) is 5.03. The summed E-state index contributed by atoms with van der Waals surface area (Å²) in [5.41, 5.74) is 7.57. The molecule has 0 bridgehead atoms. The summed E-state index contributed by atoms with van der Waals surface area (Å²) in [5, 5.41) is 0. The van der Waals surface area contributed by atoms with Gasteiger partial charge in [0, 0.05) is 48.5 Å². The first-order chi connectivity index (χ1) is 9.92. The topological polar surface area (TPSA) is 38.7 Å². The molecule has 0 aliphatic heterocycles. The van der Waals surface area contributed by atoms with Crippen molar-refractivity contribution >= 4 is 0 Å². The molecule has 1 aliphatic rings. The van der Waals surface area contributed by atoms with Crippen molar-refractivity contribution in [3.05, 3.63) is 77.6 Å². The van der Waals surface area contributed by atoms with Gasteiger partial charge in [-0.15, -0.1) is 0 Å². The molecule has 4 rings (SSSR count). The summed E-state index contributed by atoms with van der Waals surface area (Å²) in [4.78, 5) is 12.9. The summed E-state index contributed by atoms with van der Waals surface area (Å²) in [6.45, 7) is 0. The molecule has 1 aliphatic carbocycles. The monoisotopic (exact) mass is 259 g/mol. The van der Waals surface area contributed by atoms with Crippen molar-refractivity contribution in [2.75, 3.05) is 0 Å². The summed E-state index contributed by atoms with van der Waals surface area (Å²) < 4.78 is 0. The maximum atomic E-state index is 4.60. The van der Waals surface area contributed by atoms with Crippen molar-refractivity contribution in [1.29, 1.82) is 0 Å². The van der Waals surface area contributed by atoms with E-state index in [4.69, 9.17) is 0 Å². The fourth-order valence-electron chi connectivity index (χ4n) is 2.86. The third-order valence-electron chi connectivity index (χ3n) is 3.80. The number of nitrogens with zero attached hydrogens (tertiary/aromatic N) is 3. The van der Waals surface area contributed by atoms with Gasteiger partial charge in [-0.3, -0.25) is 15.0 Å². The Hall–Kier alpha value is -2.55. The zero-order valence-electron chi connectivity index (χ0n) is 11.0. The first-order valence-electron chi connectivity index (χ1n) is 6.71. The molecule has 0 saturated heterocycles. The van der Waals surface area contributed by atoms with Crippen LogP contribution in [0.4, 0.5) is 0 Å². The van der Waals surface area contributed by atoms with Gasteiger partial charge in [0.2, 0.25) is 0 Å². The molecule has 3 nitrogen and oxygen atoms in total. The van der Waals surface area contributed by atoms with Crippen molar-refractivity contribution < 1.29 is 0 Å². The van der Waals surface area contributed by atoms with Crippen LogP contribution in [0.2, 0.25) is 0 Å². The zero-order chi connectivity index (χ0) is 13.4. The van der Waals surface area contributed by atoms with E-state index in [2.05, 4.69) is 27.1 Å². The van der Waals surface area contributed by atoms with Gasteiger partial charge in [0.25, 0.3) is 0 Å². The van der Waals surface area contributed by atoms with Crippen molar-refractivity contribution in [2.45, 2.75) is 12.8 Å². The van der Waals surface area contributed by atoms with Gasteiger partial charge >= 0.3 is 0 Å². The highest BCUT2D eigenvalue weighted by molar-refractivity contribution is 5.77. The van der Waals surface area contributed by atoms with Crippen molar-refractivity contribution in [1.82, 2.24) is 15.0 Å². The Morgan fingerprint density at radius 3 is 2.55 bits per heavy atom. The molecule has 3 aromatic heterocycles. The van der Waals surface area contributed by atoms with E-state index in [0.717, 1.165) is 18.5 Å². The van der Waals surface area contributed by atoms with Crippen LogP contribution < -0.4 is 0 Å². The average Bonchev–Trinajstić information content (AvgIpc) is 2.88. The van der Waals surface area contributed by atoms with E-state index in [1.165, 1.54) is 27.8 Å². The van der Waals surface area contributed by atoms with Crippen LogP contribution in [0.5, 0.6) is 0 Å². The fraction of sp³-hybridized carbons (Fsp3) is 0.118.